The predicted molar refractivity (Wildman–Crippen MR) is 126 cm³/mol. The van der Waals surface area contributed by atoms with Gasteiger partial charge in [0.15, 0.2) is 0 Å². The predicted octanol–water partition coefficient (Wildman–Crippen LogP) is 5.52. The Morgan fingerprint density at radius 3 is 2.39 bits per heavy atom. The van der Waals surface area contributed by atoms with Crippen molar-refractivity contribution in [1.82, 2.24) is 0 Å². The molecule has 4 nitrogen and oxygen atoms in total. The van der Waals surface area contributed by atoms with E-state index in [0.29, 0.717) is 11.6 Å². The van der Waals surface area contributed by atoms with Crippen molar-refractivity contribution in [2.45, 2.75) is 30.5 Å². The van der Waals surface area contributed by atoms with Gasteiger partial charge in [0.2, 0.25) is 10.8 Å². The van der Waals surface area contributed by atoms with Crippen LogP contribution in [0.1, 0.15) is 23.6 Å². The van der Waals surface area contributed by atoms with E-state index in [-0.39, 0.29) is 17.1 Å². The van der Waals surface area contributed by atoms with Crippen molar-refractivity contribution in [2.24, 2.45) is 0 Å². The zero-order valence-electron chi connectivity index (χ0n) is 17.2. The topological polar surface area (TPSA) is 40.6 Å². The largest absolute Gasteiger partial charge is 0.304 e. The number of halogens is 1. The van der Waals surface area contributed by atoms with Crippen molar-refractivity contribution in [3.63, 3.8) is 0 Å². The van der Waals surface area contributed by atoms with Crippen molar-refractivity contribution in [3.05, 3.63) is 94.5 Å². The Labute approximate surface area is 190 Å². The van der Waals surface area contributed by atoms with Gasteiger partial charge in [-0.25, -0.2) is 0 Å². The molecule has 0 aromatic heterocycles. The molecule has 0 N–H and O–H groups in total. The van der Waals surface area contributed by atoms with Crippen LogP contribution in [0.15, 0.2) is 72.8 Å². The minimum Gasteiger partial charge on any atom is -0.304 e. The molecule has 6 heteroatoms. The third kappa shape index (κ3) is 2.99. The first-order valence-corrected chi connectivity index (χ1v) is 11.4. The van der Waals surface area contributed by atoms with E-state index in [2.05, 4.69) is 0 Å². The molecule has 31 heavy (non-hydrogen) atoms. The second-order valence-corrected chi connectivity index (χ2v) is 9.85. The molecule has 2 heterocycles. The second-order valence-electron chi connectivity index (χ2n) is 7.91. The molecule has 1 spiro atoms. The maximum atomic E-state index is 14.1. The monoisotopic (exact) mass is 448 g/mol. The molecule has 0 bridgehead atoms. The third-order valence-electron chi connectivity index (χ3n) is 5.90. The number of rotatable bonds is 3. The maximum Gasteiger partial charge on any atom is 0.269 e. The van der Waals surface area contributed by atoms with E-state index in [1.54, 1.807) is 9.80 Å². The number of nitrogens with zero attached hydrogens (tertiary/aromatic N) is 2. The number of anilines is 2. The number of fused-ring (bicyclic) bond motifs is 2. The van der Waals surface area contributed by atoms with E-state index in [1.165, 1.54) is 11.8 Å². The fourth-order valence-corrected chi connectivity index (χ4v) is 6.11. The van der Waals surface area contributed by atoms with Gasteiger partial charge in [-0.05, 0) is 43.7 Å². The summed E-state index contributed by atoms with van der Waals surface area (Å²) in [6, 6.07) is 23.1. The first-order chi connectivity index (χ1) is 14.9. The van der Waals surface area contributed by atoms with Crippen LogP contribution in [0.3, 0.4) is 0 Å². The van der Waals surface area contributed by atoms with E-state index in [4.69, 9.17) is 11.6 Å². The summed E-state index contributed by atoms with van der Waals surface area (Å²) in [7, 11) is 0. The fraction of sp³-hybridized carbons (Fsp3) is 0.200. The highest BCUT2D eigenvalue weighted by molar-refractivity contribution is 8.03. The van der Waals surface area contributed by atoms with Crippen LogP contribution in [0.25, 0.3) is 0 Å². The maximum absolute atomic E-state index is 14.1. The Kier molecular flexibility index (Phi) is 4.83. The van der Waals surface area contributed by atoms with Gasteiger partial charge in [-0.15, -0.1) is 11.8 Å². The summed E-state index contributed by atoms with van der Waals surface area (Å²) in [6.45, 7) is 4.22. The van der Waals surface area contributed by atoms with Crippen LogP contribution in [0.5, 0.6) is 0 Å². The molecule has 3 aromatic rings. The van der Waals surface area contributed by atoms with Crippen LogP contribution in [-0.4, -0.2) is 17.1 Å². The summed E-state index contributed by atoms with van der Waals surface area (Å²) in [5, 5.41) is 0.284. The van der Waals surface area contributed by atoms with Gasteiger partial charge in [0.25, 0.3) is 5.91 Å². The van der Waals surface area contributed by atoms with Crippen LogP contribution in [0, 0.1) is 6.92 Å². The van der Waals surface area contributed by atoms with Gasteiger partial charge in [0.05, 0.1) is 17.5 Å². The number of aryl methyl sites for hydroxylation is 1. The lowest BCUT2D eigenvalue weighted by atomic mass is 10.0. The van der Waals surface area contributed by atoms with Crippen LogP contribution in [0.2, 0.25) is 5.02 Å². The van der Waals surface area contributed by atoms with Gasteiger partial charge in [-0.3, -0.25) is 14.5 Å². The fourth-order valence-electron chi connectivity index (χ4n) is 4.39. The van der Waals surface area contributed by atoms with Crippen molar-refractivity contribution in [3.8, 4) is 0 Å². The number of thioether (sulfide) groups is 1. The van der Waals surface area contributed by atoms with Crippen LogP contribution >= 0.6 is 23.4 Å². The molecule has 3 aromatic carbocycles. The average Bonchev–Trinajstić information content (AvgIpc) is 3.17. The van der Waals surface area contributed by atoms with E-state index < -0.39 is 4.87 Å². The molecule has 156 valence electrons. The summed E-state index contributed by atoms with van der Waals surface area (Å²) in [6.07, 6.45) is 0. The lowest BCUT2D eigenvalue weighted by Crippen LogP contribution is -2.49. The molecule has 0 unspecified atom stereocenters. The lowest BCUT2D eigenvalue weighted by Gasteiger charge is -2.33. The Morgan fingerprint density at radius 2 is 1.65 bits per heavy atom. The van der Waals surface area contributed by atoms with Gasteiger partial charge in [-0.1, -0.05) is 65.7 Å². The highest BCUT2D eigenvalue weighted by atomic mass is 35.5. The lowest BCUT2D eigenvalue weighted by molar-refractivity contribution is -0.124. The molecule has 1 saturated heterocycles. The number of para-hydroxylation sites is 1. The first-order valence-electron chi connectivity index (χ1n) is 10.2. The molecule has 1 fully saturated rings. The summed E-state index contributed by atoms with van der Waals surface area (Å²) < 4.78 is 0. The van der Waals surface area contributed by atoms with Crippen LogP contribution in [0.4, 0.5) is 11.4 Å². The third-order valence-corrected chi connectivity index (χ3v) is 7.75. The zero-order valence-corrected chi connectivity index (χ0v) is 18.8. The SMILES string of the molecule is Cc1ccc(N2C(=O)[C@@H](C)S[C@@]23C(=O)N(Cc2ccccc2Cl)c2ccccc23)cc1. The molecular weight excluding hydrogens is 428 g/mol. The quantitative estimate of drug-likeness (QED) is 0.530. The van der Waals surface area contributed by atoms with Gasteiger partial charge >= 0.3 is 0 Å². The number of benzene rings is 3. The number of carbonyl (C=O) groups is 2. The van der Waals surface area contributed by atoms with Crippen molar-refractivity contribution < 1.29 is 9.59 Å². The standard InChI is InChI=1S/C25H21ClN2O2S/c1-16-11-13-19(14-12-16)28-23(29)17(2)31-25(28)20-8-4-6-10-22(20)27(24(25)30)15-18-7-3-5-9-21(18)26/h3-14,17H,15H2,1-2H3/t17-,25+/m1/s1. The van der Waals surface area contributed by atoms with Crippen molar-refractivity contribution in [2.75, 3.05) is 9.80 Å². The van der Waals surface area contributed by atoms with E-state index in [1.807, 2.05) is 86.6 Å². The molecule has 0 aliphatic carbocycles. The van der Waals surface area contributed by atoms with Gasteiger partial charge in [-0.2, -0.15) is 0 Å². The van der Waals surface area contributed by atoms with E-state index >= 15 is 0 Å². The summed E-state index contributed by atoms with van der Waals surface area (Å²) in [4.78, 5) is 29.8. The summed E-state index contributed by atoms with van der Waals surface area (Å²) in [5.74, 6) is -0.173. The highest BCUT2D eigenvalue weighted by Gasteiger charge is 2.63. The Morgan fingerprint density at radius 1 is 0.968 bits per heavy atom. The van der Waals surface area contributed by atoms with Crippen LogP contribution in [-0.2, 0) is 21.0 Å². The molecule has 5 rings (SSSR count). The van der Waals surface area contributed by atoms with Crippen LogP contribution < -0.4 is 9.80 Å². The number of hydrogen-bond acceptors (Lipinski definition) is 3. The summed E-state index contributed by atoms with van der Waals surface area (Å²) >= 11 is 7.82. The number of hydrogen-bond donors (Lipinski definition) is 0. The Bertz CT molecular complexity index is 1200. The molecule has 2 aliphatic heterocycles. The van der Waals surface area contributed by atoms with E-state index in [0.717, 1.165) is 28.1 Å². The van der Waals surface area contributed by atoms with Gasteiger partial charge < -0.3 is 4.90 Å². The number of carbonyl (C=O) groups excluding carboxylic acids is 2. The number of amides is 2. The average molecular weight is 449 g/mol. The van der Waals surface area contributed by atoms with Crippen molar-refractivity contribution >= 4 is 46.6 Å². The molecule has 2 atom stereocenters. The van der Waals surface area contributed by atoms with E-state index in [9.17, 15) is 9.59 Å². The normalized spacial score (nSPS) is 22.5. The second kappa shape index (κ2) is 7.43. The molecule has 0 saturated carbocycles. The molecule has 2 aliphatic rings. The molecule has 0 radical (unpaired) electrons. The Hall–Kier alpha value is -2.76. The molecule has 2 amide bonds. The van der Waals surface area contributed by atoms with Gasteiger partial charge in [0.1, 0.15) is 0 Å². The van der Waals surface area contributed by atoms with Gasteiger partial charge in [0, 0.05) is 16.3 Å². The smallest absolute Gasteiger partial charge is 0.269 e. The minimum absolute atomic E-state index is 0.0587. The first kappa shape index (κ1) is 20.2. The molecular formula is C25H21ClN2O2S. The minimum atomic E-state index is -1.12. The Balaban J connectivity index is 1.67. The zero-order chi connectivity index (χ0) is 21.8. The summed E-state index contributed by atoms with van der Waals surface area (Å²) in [5.41, 5.74) is 4.36. The highest BCUT2D eigenvalue weighted by Crippen LogP contribution is 2.58. The van der Waals surface area contributed by atoms with Crippen molar-refractivity contribution in [1.29, 1.82) is 0 Å².